The van der Waals surface area contributed by atoms with E-state index in [2.05, 4.69) is 49.3 Å². The number of aliphatic hydroxyl groups excluding tert-OH is 9. The van der Waals surface area contributed by atoms with Gasteiger partial charge in [0.2, 0.25) is 0 Å². The number of aliphatic hydroxyl groups is 10. The van der Waals surface area contributed by atoms with E-state index in [1.165, 1.54) is 0 Å². The van der Waals surface area contributed by atoms with Crippen LogP contribution in [0.1, 0.15) is 151 Å². The van der Waals surface area contributed by atoms with Crippen molar-refractivity contribution >= 4 is 17.9 Å². The van der Waals surface area contributed by atoms with E-state index in [1.807, 2.05) is 31.2 Å². The Kier molecular flexibility index (Phi) is 31.6. The number of nitrogens with two attached hydrogens (primary N) is 1. The van der Waals surface area contributed by atoms with Gasteiger partial charge in [-0.3, -0.25) is 14.6 Å². The van der Waals surface area contributed by atoms with Crippen LogP contribution in [0.25, 0.3) is 0 Å². The van der Waals surface area contributed by atoms with Crippen LogP contribution in [0.15, 0.2) is 64.7 Å². The van der Waals surface area contributed by atoms with Crippen LogP contribution in [0, 0.1) is 35.5 Å². The van der Waals surface area contributed by atoms with Gasteiger partial charge >= 0.3 is 11.9 Å². The lowest BCUT2D eigenvalue weighted by Crippen LogP contribution is -2.60. The molecule has 19 heteroatoms. The van der Waals surface area contributed by atoms with Crippen LogP contribution in [0.3, 0.4) is 0 Å². The van der Waals surface area contributed by atoms with Crippen LogP contribution >= 0.6 is 0 Å². The quantitative estimate of drug-likeness (QED) is 0.0322. The maximum Gasteiger partial charge on any atom is 0.317 e. The minimum atomic E-state index is -2.53. The van der Waals surface area contributed by atoms with Gasteiger partial charge in [-0.05, 0) is 94.5 Å². The molecule has 1 saturated heterocycles. The van der Waals surface area contributed by atoms with Gasteiger partial charge in [-0.15, -0.1) is 0 Å². The summed E-state index contributed by atoms with van der Waals surface area (Å²) in [6, 6.07) is 0. The van der Waals surface area contributed by atoms with Gasteiger partial charge in [0.1, 0.15) is 18.6 Å². The second-order valence-corrected chi connectivity index (χ2v) is 21.6. The molecule has 18 unspecified atom stereocenters. The predicted octanol–water partition coefficient (Wildman–Crippen LogP) is 4.40. The van der Waals surface area contributed by atoms with Gasteiger partial charge in [0.05, 0.1) is 42.7 Å². The standard InChI is InChI=1S/C56H97N3O16/c1-34-17-15-20-37(4)45(61)30-47(63)40(7)44(60)25-23-39(6)49(65)33-56(72)54(71)48(64)28-42(75-56)27-41(73-53(70)32-50(66)67)29-51(68)74-52(69)31-46(62)38(5)21-16-19-36(3)43(24-22-34)35(2)18-13-11-9-10-12-14-26-59-55(57)58-8/h9-10,15-17,19-21,35-37,39-49,51-52,54,60-65,68-69,71-72H,11-14,18,22-33H2,1-8H3,(H,66,67)(H3,57,58,59)/b10-9+,19-16+,20-15+,34-17-,38-21+. The summed E-state index contributed by atoms with van der Waals surface area (Å²) in [6.07, 6.45) is 4.81. The average Bonchev–Trinajstić information content (AvgIpc) is 3.32. The first-order valence-electron chi connectivity index (χ1n) is 27.2. The summed E-state index contributed by atoms with van der Waals surface area (Å²) in [7, 11) is 1.65. The minimum absolute atomic E-state index is 0.0141. The van der Waals surface area contributed by atoms with Crippen molar-refractivity contribution in [2.75, 3.05) is 13.6 Å². The van der Waals surface area contributed by atoms with Crippen molar-refractivity contribution in [1.29, 1.82) is 0 Å². The molecular formula is C56H97N3O16. The first-order chi connectivity index (χ1) is 35.3. The van der Waals surface area contributed by atoms with Crippen LogP contribution in [0.4, 0.5) is 0 Å². The number of ether oxygens (including phenoxy) is 3. The Bertz CT molecular complexity index is 1840. The lowest BCUT2D eigenvalue weighted by molar-refractivity contribution is -0.334. The SMILES string of the molecule is CN=C(N)NCCC/C=C/CCCC(C)C1CC/C(C)=C\C=C\C(C)C(O)CC(O)C(C)C(O)CCC(C)C(O)CC2(O)OC(CC(OC(=O)CC(=O)O)CC(O)OC(O)CC(O)/C(C)=C/C=C/C1C)CC(O)C2O. The Morgan fingerprint density at radius 1 is 0.813 bits per heavy atom. The number of nitrogens with zero attached hydrogens (tertiary/aromatic N) is 1. The molecule has 0 amide bonds. The number of carbonyl (C=O) groups excluding carboxylic acids is 1. The Balaban J connectivity index is 2.40. The molecule has 18 atom stereocenters. The molecule has 2 bridgehead atoms. The topological polar surface area (TPSA) is 335 Å². The summed E-state index contributed by atoms with van der Waals surface area (Å²) < 4.78 is 16.6. The fourth-order valence-electron chi connectivity index (χ4n) is 9.70. The van der Waals surface area contributed by atoms with Gasteiger partial charge in [0, 0.05) is 64.0 Å². The molecule has 0 spiro atoms. The Hall–Kier alpha value is -3.57. The second-order valence-electron chi connectivity index (χ2n) is 21.6. The van der Waals surface area contributed by atoms with E-state index in [4.69, 9.17) is 19.9 Å². The molecule has 0 saturated carbocycles. The zero-order chi connectivity index (χ0) is 56.4. The minimum Gasteiger partial charge on any atom is -0.481 e. The number of esters is 1. The summed E-state index contributed by atoms with van der Waals surface area (Å²) in [4.78, 5) is 27.8. The number of hydrogen-bond donors (Lipinski definition) is 13. The van der Waals surface area contributed by atoms with Crippen LogP contribution in [0.2, 0.25) is 0 Å². The molecular weight excluding hydrogens is 971 g/mol. The number of carboxylic acid groups (broad SMARTS) is 1. The van der Waals surface area contributed by atoms with Gasteiger partial charge in [-0.2, -0.15) is 0 Å². The number of rotatable bonds is 12. The summed E-state index contributed by atoms with van der Waals surface area (Å²) in [5, 5.41) is 123. The summed E-state index contributed by atoms with van der Waals surface area (Å²) >= 11 is 0. The van der Waals surface area contributed by atoms with Crippen molar-refractivity contribution in [3.63, 3.8) is 0 Å². The number of fused-ring (bicyclic) bond motifs is 2. The van der Waals surface area contributed by atoms with Crippen molar-refractivity contribution in [3.8, 4) is 0 Å². The number of carbonyl (C=O) groups is 2. The molecule has 2 aliphatic rings. The molecule has 0 aromatic rings. The maximum absolute atomic E-state index is 12.6. The molecule has 0 aliphatic carbocycles. The van der Waals surface area contributed by atoms with Gasteiger partial charge in [-0.25, -0.2) is 0 Å². The van der Waals surface area contributed by atoms with Crippen molar-refractivity contribution in [2.45, 2.75) is 225 Å². The average molecular weight is 1070 g/mol. The molecule has 2 aliphatic heterocycles. The first kappa shape index (κ1) is 67.5. The third kappa shape index (κ3) is 26.1. The number of carboxylic acids is 1. The molecule has 2 rings (SSSR count). The maximum atomic E-state index is 12.6. The van der Waals surface area contributed by atoms with Crippen molar-refractivity contribution in [1.82, 2.24) is 5.32 Å². The molecule has 19 nitrogen and oxygen atoms in total. The van der Waals surface area contributed by atoms with Crippen LogP contribution in [-0.4, -0.2) is 161 Å². The fraction of sp³-hybridized carbons (Fsp3) is 0.768. The summed E-state index contributed by atoms with van der Waals surface area (Å²) in [5.41, 5.74) is 7.38. The molecule has 75 heavy (non-hydrogen) atoms. The Morgan fingerprint density at radius 3 is 2.12 bits per heavy atom. The van der Waals surface area contributed by atoms with Crippen molar-refractivity contribution in [2.24, 2.45) is 46.2 Å². The van der Waals surface area contributed by atoms with Gasteiger partial charge in [0.15, 0.2) is 24.3 Å². The number of guanidine groups is 1. The van der Waals surface area contributed by atoms with Gasteiger partial charge < -0.3 is 81.4 Å². The smallest absolute Gasteiger partial charge is 0.317 e. The highest BCUT2D eigenvalue weighted by atomic mass is 16.7. The summed E-state index contributed by atoms with van der Waals surface area (Å²) in [5.74, 6) is -5.49. The van der Waals surface area contributed by atoms with Crippen LogP contribution < -0.4 is 11.1 Å². The highest BCUT2D eigenvalue weighted by molar-refractivity contribution is 5.90. The zero-order valence-corrected chi connectivity index (χ0v) is 45.9. The van der Waals surface area contributed by atoms with Crippen LogP contribution in [0.5, 0.6) is 0 Å². The fourth-order valence-corrected chi connectivity index (χ4v) is 9.70. The number of nitrogens with one attached hydrogen (secondary N) is 1. The molecule has 0 aromatic carbocycles. The van der Waals surface area contributed by atoms with E-state index in [1.54, 1.807) is 33.9 Å². The van der Waals surface area contributed by atoms with Gasteiger partial charge in [-0.1, -0.05) is 95.2 Å². The lowest BCUT2D eigenvalue weighted by Gasteiger charge is -2.45. The van der Waals surface area contributed by atoms with E-state index in [0.29, 0.717) is 23.4 Å². The Morgan fingerprint density at radius 2 is 1.45 bits per heavy atom. The lowest BCUT2D eigenvalue weighted by atomic mass is 9.77. The monoisotopic (exact) mass is 1070 g/mol. The van der Waals surface area contributed by atoms with Crippen LogP contribution in [-0.2, 0) is 23.8 Å². The normalized spacial score (nSPS) is 38.4. The highest BCUT2D eigenvalue weighted by Crippen LogP contribution is 2.37. The number of allylic oxidation sites excluding steroid dienone is 8. The molecule has 432 valence electrons. The number of hydrogen-bond acceptors (Lipinski definition) is 16. The zero-order valence-electron chi connectivity index (χ0n) is 45.9. The van der Waals surface area contributed by atoms with E-state index >= 15 is 0 Å². The number of aliphatic carboxylic acids is 1. The molecule has 2 heterocycles. The highest BCUT2D eigenvalue weighted by Gasteiger charge is 2.50. The third-order valence-corrected chi connectivity index (χ3v) is 15.1. The largest absolute Gasteiger partial charge is 0.481 e. The van der Waals surface area contributed by atoms with E-state index in [9.17, 15) is 65.8 Å². The first-order valence-corrected chi connectivity index (χ1v) is 27.2. The third-order valence-electron chi connectivity index (χ3n) is 15.1. The van der Waals surface area contributed by atoms with Crippen molar-refractivity contribution < 1.29 is 80.0 Å². The van der Waals surface area contributed by atoms with Crippen molar-refractivity contribution in [3.05, 3.63) is 59.8 Å². The van der Waals surface area contributed by atoms with E-state index in [0.717, 1.165) is 57.1 Å². The second kappa shape index (κ2) is 35.0. The predicted molar refractivity (Wildman–Crippen MR) is 286 cm³/mol. The molecule has 1 fully saturated rings. The molecule has 0 aromatic heterocycles. The molecule has 0 radical (unpaired) electrons. The summed E-state index contributed by atoms with van der Waals surface area (Å²) in [6.45, 7) is 14.2. The molecule has 14 N–H and O–H groups in total. The van der Waals surface area contributed by atoms with E-state index < -0.39 is 116 Å². The van der Waals surface area contributed by atoms with Gasteiger partial charge in [0.25, 0.3) is 0 Å². The Labute approximate surface area is 446 Å². The van der Waals surface area contributed by atoms with E-state index in [-0.39, 0.29) is 50.4 Å². The number of aliphatic imine (C=N–C) groups is 1. The number of unbranched alkanes of at least 4 members (excludes halogenated alkanes) is 2.